The van der Waals surface area contributed by atoms with Crippen molar-refractivity contribution in [3.8, 4) is 0 Å². The van der Waals surface area contributed by atoms with Gasteiger partial charge in [0.2, 0.25) is 5.69 Å². The number of fused-ring (bicyclic) bond motifs is 1. The highest BCUT2D eigenvalue weighted by atomic mass is 19.4. The van der Waals surface area contributed by atoms with Crippen molar-refractivity contribution in [1.82, 2.24) is 0 Å². The van der Waals surface area contributed by atoms with E-state index in [9.17, 15) is 28.0 Å². The van der Waals surface area contributed by atoms with E-state index in [2.05, 4.69) is 4.74 Å². The lowest BCUT2D eigenvalue weighted by Gasteiger charge is -2.07. The van der Waals surface area contributed by atoms with Crippen molar-refractivity contribution in [3.63, 3.8) is 0 Å². The lowest BCUT2D eigenvalue weighted by atomic mass is 10.0. The summed E-state index contributed by atoms with van der Waals surface area (Å²) < 4.78 is 42.8. The quantitative estimate of drug-likeness (QED) is 0.474. The predicted molar refractivity (Wildman–Crippen MR) is 81.0 cm³/mol. The molecule has 2 aromatic rings. The van der Waals surface area contributed by atoms with E-state index in [4.69, 9.17) is 0 Å². The van der Waals surface area contributed by atoms with Crippen LogP contribution in [0.1, 0.15) is 31.8 Å². The Morgan fingerprint density at radius 1 is 1.12 bits per heavy atom. The molecule has 0 radical (unpaired) electrons. The van der Waals surface area contributed by atoms with Crippen LogP contribution in [0.2, 0.25) is 0 Å². The second kappa shape index (κ2) is 5.73. The molecule has 2 aromatic carbocycles. The van der Waals surface area contributed by atoms with Crippen LogP contribution in [-0.2, 0) is 10.9 Å². The van der Waals surface area contributed by atoms with Gasteiger partial charge < -0.3 is 9.94 Å². The average molecular weight is 349 g/mol. The zero-order valence-electron chi connectivity index (χ0n) is 12.8. The van der Waals surface area contributed by atoms with Gasteiger partial charge in [-0.3, -0.25) is 4.79 Å². The van der Waals surface area contributed by atoms with E-state index in [0.717, 1.165) is 24.3 Å². The normalized spacial score (nSPS) is 13.8. The maximum absolute atomic E-state index is 12.6. The van der Waals surface area contributed by atoms with Crippen LogP contribution >= 0.6 is 0 Å². The Labute approximate surface area is 139 Å². The Morgan fingerprint density at radius 3 is 2.32 bits per heavy atom. The summed E-state index contributed by atoms with van der Waals surface area (Å²) in [5.41, 5.74) is -1.02. The van der Waals surface area contributed by atoms with Gasteiger partial charge in [0, 0.05) is 6.07 Å². The van der Waals surface area contributed by atoms with Crippen LogP contribution in [0.3, 0.4) is 0 Å². The minimum atomic E-state index is -4.52. The Kier molecular flexibility index (Phi) is 3.82. The summed E-state index contributed by atoms with van der Waals surface area (Å²) >= 11 is 0. The van der Waals surface area contributed by atoms with E-state index < -0.39 is 23.5 Å². The molecule has 1 aliphatic heterocycles. The molecule has 25 heavy (non-hydrogen) atoms. The van der Waals surface area contributed by atoms with E-state index in [-0.39, 0.29) is 28.1 Å². The van der Waals surface area contributed by atoms with Crippen LogP contribution in [-0.4, -0.2) is 29.3 Å². The molecule has 0 amide bonds. The van der Waals surface area contributed by atoms with Gasteiger partial charge in [-0.05, 0) is 36.4 Å². The maximum atomic E-state index is 12.6. The number of nitrogens with zero attached hydrogens (tertiary/aromatic N) is 1. The van der Waals surface area contributed by atoms with Gasteiger partial charge in [-0.25, -0.2) is 4.79 Å². The zero-order chi connectivity index (χ0) is 18.4. The SMILES string of the molecule is COC(=O)c1ccc2c(c1)[N+]([O-])=C(c1ccc(C(F)(F)F)cc1)C2=O. The van der Waals surface area contributed by atoms with Crippen molar-refractivity contribution < 1.29 is 32.2 Å². The third kappa shape index (κ3) is 2.75. The Balaban J connectivity index is 2.06. The minimum absolute atomic E-state index is 0.0530. The number of benzene rings is 2. The molecule has 5 nitrogen and oxygen atoms in total. The van der Waals surface area contributed by atoms with Gasteiger partial charge in [0.25, 0.3) is 11.5 Å². The molecule has 0 atom stereocenters. The maximum Gasteiger partial charge on any atom is 0.416 e. The first kappa shape index (κ1) is 16.7. The molecule has 0 fully saturated rings. The molecule has 0 bridgehead atoms. The van der Waals surface area contributed by atoms with Crippen molar-refractivity contribution in [2.75, 3.05) is 7.11 Å². The molecular weight excluding hydrogens is 339 g/mol. The molecule has 0 saturated carbocycles. The molecular formula is C17H10F3NO4. The fourth-order valence-electron chi connectivity index (χ4n) is 2.54. The molecule has 0 N–H and O–H groups in total. The summed E-state index contributed by atoms with van der Waals surface area (Å²) in [7, 11) is 1.18. The summed E-state index contributed by atoms with van der Waals surface area (Å²) in [6.07, 6.45) is -4.52. The molecule has 0 aromatic heterocycles. The van der Waals surface area contributed by atoms with Crippen LogP contribution < -0.4 is 0 Å². The number of carbonyl (C=O) groups is 2. The standard InChI is InChI=1S/C17H10F3NO4/c1-25-16(23)10-4-7-12-13(8-10)21(24)14(15(12)22)9-2-5-11(6-3-9)17(18,19)20/h2-8H,1H3. The van der Waals surface area contributed by atoms with Crippen LogP contribution in [0.25, 0.3) is 0 Å². The van der Waals surface area contributed by atoms with Gasteiger partial charge in [0.15, 0.2) is 0 Å². The first-order valence-electron chi connectivity index (χ1n) is 7.03. The van der Waals surface area contributed by atoms with E-state index in [1.165, 1.54) is 25.3 Å². The second-order valence-corrected chi connectivity index (χ2v) is 5.27. The summed E-state index contributed by atoms with van der Waals surface area (Å²) in [6, 6.07) is 7.59. The lowest BCUT2D eigenvalue weighted by molar-refractivity contribution is -0.355. The number of Topliss-reactive ketones (excluding diaryl/α,β-unsaturated/α-hetero) is 1. The van der Waals surface area contributed by atoms with E-state index in [1.54, 1.807) is 0 Å². The van der Waals surface area contributed by atoms with Gasteiger partial charge in [0.05, 0.1) is 23.8 Å². The Morgan fingerprint density at radius 2 is 1.76 bits per heavy atom. The number of rotatable bonds is 2. The molecule has 8 heteroatoms. The van der Waals surface area contributed by atoms with E-state index in [1.807, 2.05) is 0 Å². The van der Waals surface area contributed by atoms with Crippen molar-refractivity contribution >= 4 is 23.2 Å². The number of ketones is 1. The van der Waals surface area contributed by atoms with Crippen molar-refractivity contribution in [2.24, 2.45) is 0 Å². The van der Waals surface area contributed by atoms with Crippen molar-refractivity contribution in [2.45, 2.75) is 6.18 Å². The predicted octanol–water partition coefficient (Wildman–Crippen LogP) is 3.32. The number of carbonyl (C=O) groups excluding carboxylic acids is 2. The third-order valence-electron chi connectivity index (χ3n) is 3.79. The van der Waals surface area contributed by atoms with Gasteiger partial charge in [0.1, 0.15) is 5.56 Å². The summed E-state index contributed by atoms with van der Waals surface area (Å²) in [5.74, 6) is -1.30. The summed E-state index contributed by atoms with van der Waals surface area (Å²) in [5, 5.41) is 12.4. The van der Waals surface area contributed by atoms with Crippen molar-refractivity contribution in [1.29, 1.82) is 0 Å². The highest BCUT2D eigenvalue weighted by Crippen LogP contribution is 2.32. The number of halogens is 3. The average Bonchev–Trinajstić information content (AvgIpc) is 2.84. The molecule has 0 aliphatic carbocycles. The van der Waals surface area contributed by atoms with Crippen LogP contribution in [0.15, 0.2) is 42.5 Å². The fraction of sp³-hybridized carbons (Fsp3) is 0.118. The van der Waals surface area contributed by atoms with E-state index >= 15 is 0 Å². The highest BCUT2D eigenvalue weighted by Gasteiger charge is 2.38. The topological polar surface area (TPSA) is 69.4 Å². The molecule has 3 rings (SSSR count). The molecule has 0 saturated heterocycles. The van der Waals surface area contributed by atoms with Crippen LogP contribution in [0.5, 0.6) is 0 Å². The van der Waals surface area contributed by atoms with Gasteiger partial charge in [-0.15, -0.1) is 0 Å². The largest absolute Gasteiger partial charge is 0.618 e. The number of hydrogen-bond acceptors (Lipinski definition) is 4. The fourth-order valence-corrected chi connectivity index (χ4v) is 2.54. The van der Waals surface area contributed by atoms with Gasteiger partial charge >= 0.3 is 12.1 Å². The molecule has 128 valence electrons. The third-order valence-corrected chi connectivity index (χ3v) is 3.79. The van der Waals surface area contributed by atoms with Crippen LogP contribution in [0, 0.1) is 5.21 Å². The zero-order valence-corrected chi connectivity index (χ0v) is 12.8. The van der Waals surface area contributed by atoms with Crippen molar-refractivity contribution in [3.05, 3.63) is 69.9 Å². The number of methoxy groups -OCH3 is 1. The van der Waals surface area contributed by atoms with E-state index in [0.29, 0.717) is 4.74 Å². The monoisotopic (exact) mass is 349 g/mol. The number of ether oxygens (including phenoxy) is 1. The van der Waals surface area contributed by atoms with Gasteiger partial charge in [-0.1, -0.05) is 0 Å². The molecule has 0 spiro atoms. The Hall–Kier alpha value is -3.16. The first-order chi connectivity index (χ1) is 11.7. The second-order valence-electron chi connectivity index (χ2n) is 5.27. The number of alkyl halides is 3. The highest BCUT2D eigenvalue weighted by molar-refractivity contribution is 6.52. The molecule has 0 unspecified atom stereocenters. The first-order valence-corrected chi connectivity index (χ1v) is 7.03. The Bertz CT molecular complexity index is 914. The number of esters is 1. The smallest absolute Gasteiger partial charge is 0.416 e. The minimum Gasteiger partial charge on any atom is -0.618 e. The summed E-state index contributed by atoms with van der Waals surface area (Å²) in [6.45, 7) is 0. The lowest BCUT2D eigenvalue weighted by Crippen LogP contribution is -2.17. The van der Waals surface area contributed by atoms with Crippen LogP contribution in [0.4, 0.5) is 18.9 Å². The van der Waals surface area contributed by atoms with Gasteiger partial charge in [-0.2, -0.15) is 17.9 Å². The number of hydrogen-bond donors (Lipinski definition) is 0. The summed E-state index contributed by atoms with van der Waals surface area (Å²) in [4.78, 5) is 24.0. The molecule has 1 heterocycles. The molecule has 1 aliphatic rings.